The molecule has 1 aromatic rings. The van der Waals surface area contributed by atoms with E-state index in [1.807, 2.05) is 30.3 Å². The summed E-state index contributed by atoms with van der Waals surface area (Å²) in [4.78, 5) is 14.9. The van der Waals surface area contributed by atoms with E-state index in [0.717, 1.165) is 67.2 Å². The predicted octanol–water partition coefficient (Wildman–Crippen LogP) is 2.64. The molecule has 5 aliphatic carbocycles. The molecule has 4 nitrogen and oxygen atoms in total. The summed E-state index contributed by atoms with van der Waals surface area (Å²) in [5.74, 6) is 7.17. The lowest BCUT2D eigenvalue weighted by Gasteiger charge is -2.53. The van der Waals surface area contributed by atoms with Crippen molar-refractivity contribution >= 4 is 5.91 Å². The number of rotatable bonds is 5. The first kappa shape index (κ1) is 17.3. The summed E-state index contributed by atoms with van der Waals surface area (Å²) >= 11 is 0. The van der Waals surface area contributed by atoms with Crippen LogP contribution >= 0.6 is 0 Å². The van der Waals surface area contributed by atoms with Crippen LogP contribution in [0.3, 0.4) is 0 Å². The molecule has 7 rings (SSSR count). The Balaban J connectivity index is 1.01. The van der Waals surface area contributed by atoms with Gasteiger partial charge in [-0.15, -0.1) is 0 Å². The lowest BCUT2D eigenvalue weighted by Crippen LogP contribution is -2.60. The first-order valence-electron chi connectivity index (χ1n) is 11.9. The smallest absolute Gasteiger partial charge is 0.251 e. The van der Waals surface area contributed by atoms with Gasteiger partial charge in [-0.1, -0.05) is 18.2 Å². The van der Waals surface area contributed by atoms with E-state index in [9.17, 15) is 9.90 Å². The number of likely N-dealkylation sites (tertiary alicyclic amines) is 1. The van der Waals surface area contributed by atoms with Gasteiger partial charge in [-0.05, 0) is 97.6 Å². The summed E-state index contributed by atoms with van der Waals surface area (Å²) < 4.78 is 0. The minimum absolute atomic E-state index is 0.0336. The van der Waals surface area contributed by atoms with Crippen LogP contribution in [0.25, 0.3) is 0 Å². The summed E-state index contributed by atoms with van der Waals surface area (Å²) in [6.45, 7) is 3.78. The van der Waals surface area contributed by atoms with Crippen LogP contribution in [0.4, 0.5) is 0 Å². The van der Waals surface area contributed by atoms with E-state index in [0.29, 0.717) is 17.8 Å². The van der Waals surface area contributed by atoms with Crippen molar-refractivity contribution in [2.24, 2.45) is 53.3 Å². The van der Waals surface area contributed by atoms with E-state index < -0.39 is 5.60 Å². The number of amides is 1. The number of nitrogens with one attached hydrogen (secondary N) is 1. The number of benzene rings is 1. The molecule has 10 unspecified atom stereocenters. The second-order valence-electron chi connectivity index (χ2n) is 11.1. The fourth-order valence-corrected chi connectivity index (χ4v) is 9.68. The number of nitrogens with zero attached hydrogens (tertiary/aromatic N) is 1. The Labute approximate surface area is 173 Å². The molecule has 1 heterocycles. The SMILES string of the molecule is O=C(NCC1CCCN(CC2(O)C3C4CC5C6C4CC3C6C52)C1)c1ccccc1. The van der Waals surface area contributed by atoms with Crippen molar-refractivity contribution in [3.05, 3.63) is 35.9 Å². The molecule has 4 heteroatoms. The van der Waals surface area contributed by atoms with Crippen LogP contribution in [0.1, 0.15) is 36.0 Å². The number of hydrogen-bond donors (Lipinski definition) is 2. The highest BCUT2D eigenvalue weighted by atomic mass is 16.3. The lowest BCUT2D eigenvalue weighted by molar-refractivity contribution is -0.145. The zero-order valence-corrected chi connectivity index (χ0v) is 17.0. The van der Waals surface area contributed by atoms with Crippen molar-refractivity contribution in [1.29, 1.82) is 0 Å². The van der Waals surface area contributed by atoms with Crippen LogP contribution in [-0.2, 0) is 0 Å². The molecule has 10 atom stereocenters. The number of fused-ring (bicyclic) bond motifs is 2. The van der Waals surface area contributed by atoms with Gasteiger partial charge in [0.25, 0.3) is 5.91 Å². The Kier molecular flexibility index (Phi) is 3.49. The molecule has 6 fully saturated rings. The third kappa shape index (κ3) is 2.15. The number of carbonyl (C=O) groups excluding carboxylic acids is 1. The van der Waals surface area contributed by atoms with Crippen LogP contribution in [0.2, 0.25) is 0 Å². The molecule has 1 amide bonds. The Morgan fingerprint density at radius 2 is 1.86 bits per heavy atom. The summed E-state index contributed by atoms with van der Waals surface area (Å²) in [6.07, 6.45) is 5.24. The third-order valence-corrected chi connectivity index (χ3v) is 10.2. The highest BCUT2D eigenvalue weighted by Crippen LogP contribution is 2.85. The monoisotopic (exact) mass is 392 g/mol. The molecule has 0 radical (unpaired) electrons. The molecule has 2 bridgehead atoms. The average Bonchev–Trinajstić information content (AvgIpc) is 3.26. The minimum Gasteiger partial charge on any atom is -0.388 e. The molecule has 0 spiro atoms. The lowest BCUT2D eigenvalue weighted by atomic mass is 9.56. The Morgan fingerprint density at radius 1 is 1.07 bits per heavy atom. The predicted molar refractivity (Wildman–Crippen MR) is 110 cm³/mol. The molecule has 1 aromatic carbocycles. The number of hydrogen-bond acceptors (Lipinski definition) is 3. The number of β-amino-alcohol motifs (C(OH)–C–C–N with tert-alkyl or cyclic N) is 1. The van der Waals surface area contributed by atoms with Gasteiger partial charge in [-0.2, -0.15) is 0 Å². The maximum atomic E-state index is 12.4. The minimum atomic E-state index is -0.403. The maximum absolute atomic E-state index is 12.4. The number of piperidine rings is 1. The van der Waals surface area contributed by atoms with Gasteiger partial charge in [0.1, 0.15) is 0 Å². The number of carbonyl (C=O) groups is 1. The van der Waals surface area contributed by atoms with Crippen LogP contribution in [-0.4, -0.2) is 47.7 Å². The first-order valence-corrected chi connectivity index (χ1v) is 11.9. The summed E-state index contributed by atoms with van der Waals surface area (Å²) in [5, 5.41) is 15.1. The van der Waals surface area contributed by atoms with E-state index in [4.69, 9.17) is 0 Å². The Bertz CT molecular complexity index is 836. The average molecular weight is 393 g/mol. The van der Waals surface area contributed by atoms with Gasteiger partial charge in [-0.25, -0.2) is 0 Å². The standard InChI is InChI=1S/C25H32N2O2/c28-24(15-6-2-1-3-7-15)26-11-14-5-4-8-27(12-14)13-25(29)22-17-10-18-20-16(17)9-19(22)21(20)23(18)25/h1-3,6-7,14,16-23,29H,4-5,8-13H2,(H,26,28). The van der Waals surface area contributed by atoms with E-state index in [1.165, 1.54) is 25.7 Å². The molecule has 0 aromatic heterocycles. The maximum Gasteiger partial charge on any atom is 0.251 e. The zero-order valence-electron chi connectivity index (χ0n) is 17.0. The van der Waals surface area contributed by atoms with Crippen molar-refractivity contribution < 1.29 is 9.90 Å². The fraction of sp³-hybridized carbons (Fsp3) is 0.720. The first-order chi connectivity index (χ1) is 14.1. The summed E-state index contributed by atoms with van der Waals surface area (Å²) in [6, 6.07) is 9.51. The van der Waals surface area contributed by atoms with Crippen LogP contribution in [0.5, 0.6) is 0 Å². The molecule has 1 saturated heterocycles. The molecule has 1 aliphatic heterocycles. The fourth-order valence-electron chi connectivity index (χ4n) is 9.68. The van der Waals surface area contributed by atoms with Gasteiger partial charge in [0.2, 0.25) is 0 Å². The Morgan fingerprint density at radius 3 is 2.72 bits per heavy atom. The summed E-state index contributed by atoms with van der Waals surface area (Å²) in [5.41, 5.74) is 0.338. The highest BCUT2D eigenvalue weighted by molar-refractivity contribution is 5.94. The van der Waals surface area contributed by atoms with Gasteiger partial charge in [0, 0.05) is 25.2 Å². The molecule has 2 N–H and O–H groups in total. The molecule has 5 saturated carbocycles. The van der Waals surface area contributed by atoms with Gasteiger partial charge < -0.3 is 15.3 Å². The molecule has 6 aliphatic rings. The van der Waals surface area contributed by atoms with Crippen LogP contribution < -0.4 is 5.32 Å². The van der Waals surface area contributed by atoms with Crippen LogP contribution in [0, 0.1) is 53.3 Å². The van der Waals surface area contributed by atoms with Crippen molar-refractivity contribution in [2.75, 3.05) is 26.2 Å². The number of aliphatic hydroxyl groups is 1. The second-order valence-corrected chi connectivity index (χ2v) is 11.1. The highest BCUT2D eigenvalue weighted by Gasteiger charge is 2.84. The van der Waals surface area contributed by atoms with Crippen molar-refractivity contribution in [1.82, 2.24) is 10.2 Å². The summed E-state index contributed by atoms with van der Waals surface area (Å²) in [7, 11) is 0. The Hall–Kier alpha value is -1.39. The largest absolute Gasteiger partial charge is 0.388 e. The molecular weight excluding hydrogens is 360 g/mol. The molecule has 29 heavy (non-hydrogen) atoms. The van der Waals surface area contributed by atoms with E-state index in [2.05, 4.69) is 10.2 Å². The van der Waals surface area contributed by atoms with E-state index in [1.54, 1.807) is 0 Å². The normalized spacial score (nSPS) is 50.9. The van der Waals surface area contributed by atoms with E-state index >= 15 is 0 Å². The van der Waals surface area contributed by atoms with E-state index in [-0.39, 0.29) is 5.91 Å². The third-order valence-electron chi connectivity index (χ3n) is 10.2. The molecule has 154 valence electrons. The van der Waals surface area contributed by atoms with Crippen molar-refractivity contribution in [3.8, 4) is 0 Å². The molecular formula is C25H32N2O2. The van der Waals surface area contributed by atoms with Crippen LogP contribution in [0.15, 0.2) is 30.3 Å². The van der Waals surface area contributed by atoms with Crippen molar-refractivity contribution in [2.45, 2.75) is 31.3 Å². The van der Waals surface area contributed by atoms with Gasteiger partial charge >= 0.3 is 0 Å². The van der Waals surface area contributed by atoms with Gasteiger partial charge in [0.05, 0.1) is 5.60 Å². The topological polar surface area (TPSA) is 52.6 Å². The second kappa shape index (κ2) is 5.85. The quantitative estimate of drug-likeness (QED) is 0.810. The zero-order chi connectivity index (χ0) is 19.3. The van der Waals surface area contributed by atoms with Gasteiger partial charge in [-0.3, -0.25) is 4.79 Å². The van der Waals surface area contributed by atoms with Crippen molar-refractivity contribution in [3.63, 3.8) is 0 Å². The van der Waals surface area contributed by atoms with Gasteiger partial charge in [0.15, 0.2) is 0 Å².